The summed E-state index contributed by atoms with van der Waals surface area (Å²) in [6.07, 6.45) is 0. The summed E-state index contributed by atoms with van der Waals surface area (Å²) in [4.78, 5) is 12.2. The average molecular weight is 340 g/mol. The van der Waals surface area contributed by atoms with Gasteiger partial charge in [-0.05, 0) is 35.9 Å². The van der Waals surface area contributed by atoms with Crippen LogP contribution >= 0.6 is 11.6 Å². The maximum Gasteiger partial charge on any atom is 0.279 e. The fraction of sp³-hybridized carbons (Fsp3) is 0.150. The third kappa shape index (κ3) is 3.94. The highest BCUT2D eigenvalue weighted by atomic mass is 35.5. The number of halogens is 1. The number of anilines is 1. The molecule has 3 rings (SSSR count). The van der Waals surface area contributed by atoms with Gasteiger partial charge in [-0.1, -0.05) is 60.1 Å². The molecule has 0 aliphatic rings. The second-order valence-corrected chi connectivity index (χ2v) is 6.27. The van der Waals surface area contributed by atoms with E-state index in [9.17, 15) is 4.79 Å². The first kappa shape index (κ1) is 16.5. The average Bonchev–Trinajstić information content (AvgIpc) is 2.60. The number of nitrogens with two attached hydrogens (primary N) is 1. The number of quaternary nitrogens is 1. The van der Waals surface area contributed by atoms with Crippen LogP contribution in [0.2, 0.25) is 5.02 Å². The maximum absolute atomic E-state index is 12.2. The summed E-state index contributed by atoms with van der Waals surface area (Å²) in [6, 6.07) is 21.9. The highest BCUT2D eigenvalue weighted by Gasteiger charge is 2.14. The van der Waals surface area contributed by atoms with E-state index in [2.05, 4.69) is 11.4 Å². The molecule has 0 saturated heterocycles. The molecule has 0 radical (unpaired) electrons. The normalized spacial score (nSPS) is 12.1. The van der Waals surface area contributed by atoms with Crippen LogP contribution in [-0.2, 0) is 4.79 Å². The van der Waals surface area contributed by atoms with Crippen LogP contribution in [0.5, 0.6) is 0 Å². The van der Waals surface area contributed by atoms with Crippen molar-refractivity contribution in [1.29, 1.82) is 0 Å². The van der Waals surface area contributed by atoms with Gasteiger partial charge in [0.2, 0.25) is 0 Å². The van der Waals surface area contributed by atoms with Crippen LogP contribution in [0.3, 0.4) is 0 Å². The number of fused-ring (bicyclic) bond motifs is 1. The molecule has 0 saturated carbocycles. The predicted molar refractivity (Wildman–Crippen MR) is 99.2 cm³/mol. The molecule has 0 spiro atoms. The van der Waals surface area contributed by atoms with Crippen LogP contribution < -0.4 is 10.6 Å². The Morgan fingerprint density at radius 2 is 1.75 bits per heavy atom. The Hall–Kier alpha value is -2.36. The molecule has 0 aliphatic heterocycles. The van der Waals surface area contributed by atoms with Gasteiger partial charge in [0.1, 0.15) is 6.04 Å². The molecule has 0 bridgehead atoms. The zero-order valence-corrected chi connectivity index (χ0v) is 14.3. The molecule has 0 fully saturated rings. The quantitative estimate of drug-likeness (QED) is 0.730. The summed E-state index contributed by atoms with van der Waals surface area (Å²) in [5.74, 6) is -0.0239. The lowest BCUT2D eigenvalue weighted by Crippen LogP contribution is -2.86. The van der Waals surface area contributed by atoms with Gasteiger partial charge in [-0.2, -0.15) is 0 Å². The summed E-state index contributed by atoms with van der Waals surface area (Å²) < 4.78 is 0. The van der Waals surface area contributed by atoms with Crippen LogP contribution in [0.4, 0.5) is 5.69 Å². The number of hydrogen-bond acceptors (Lipinski definition) is 1. The van der Waals surface area contributed by atoms with Crippen molar-refractivity contribution in [1.82, 2.24) is 0 Å². The number of hydrogen-bond donors (Lipinski definition) is 2. The second-order valence-electron chi connectivity index (χ2n) is 5.86. The first-order chi connectivity index (χ1) is 11.6. The number of nitrogens with one attached hydrogen (secondary N) is 1. The van der Waals surface area contributed by atoms with Gasteiger partial charge in [-0.25, -0.2) is 0 Å². The smallest absolute Gasteiger partial charge is 0.279 e. The van der Waals surface area contributed by atoms with Crippen LogP contribution in [0.25, 0.3) is 10.8 Å². The Morgan fingerprint density at radius 1 is 1.04 bits per heavy atom. The molecule has 3 N–H and O–H groups in total. The minimum atomic E-state index is -0.0239. The number of rotatable bonds is 5. The van der Waals surface area contributed by atoms with Crippen LogP contribution in [0.1, 0.15) is 18.5 Å². The zero-order valence-electron chi connectivity index (χ0n) is 13.5. The van der Waals surface area contributed by atoms with Crippen molar-refractivity contribution in [3.8, 4) is 0 Å². The SMILES string of the molecule is C[C@@H]([NH2+]CC(=O)Nc1ccc2ccccc2c1)c1ccccc1Cl. The summed E-state index contributed by atoms with van der Waals surface area (Å²) >= 11 is 6.20. The van der Waals surface area contributed by atoms with Crippen molar-refractivity contribution in [2.24, 2.45) is 0 Å². The van der Waals surface area contributed by atoms with E-state index >= 15 is 0 Å². The number of carbonyl (C=O) groups excluding carboxylic acids is 1. The number of carbonyl (C=O) groups is 1. The predicted octanol–water partition coefficient (Wildman–Crippen LogP) is 3.76. The zero-order chi connectivity index (χ0) is 16.9. The van der Waals surface area contributed by atoms with Gasteiger partial charge in [0.15, 0.2) is 6.54 Å². The molecule has 3 aromatic carbocycles. The summed E-state index contributed by atoms with van der Waals surface area (Å²) in [6.45, 7) is 2.39. The molecule has 1 atom stereocenters. The molecule has 24 heavy (non-hydrogen) atoms. The van der Waals surface area contributed by atoms with Gasteiger partial charge < -0.3 is 10.6 Å². The van der Waals surface area contributed by atoms with Gasteiger partial charge >= 0.3 is 0 Å². The lowest BCUT2D eigenvalue weighted by Gasteiger charge is -2.12. The van der Waals surface area contributed by atoms with E-state index in [4.69, 9.17) is 11.6 Å². The van der Waals surface area contributed by atoms with E-state index < -0.39 is 0 Å². The molecular formula is C20H20ClN2O+. The lowest BCUT2D eigenvalue weighted by atomic mass is 10.1. The Morgan fingerprint density at radius 3 is 2.54 bits per heavy atom. The monoisotopic (exact) mass is 339 g/mol. The minimum Gasteiger partial charge on any atom is -0.332 e. The van der Waals surface area contributed by atoms with Gasteiger partial charge in [-0.3, -0.25) is 4.79 Å². The Labute approximate surface area is 146 Å². The van der Waals surface area contributed by atoms with Gasteiger partial charge in [0, 0.05) is 16.3 Å². The highest BCUT2D eigenvalue weighted by Crippen LogP contribution is 2.20. The van der Waals surface area contributed by atoms with E-state index in [1.165, 1.54) is 0 Å². The molecule has 0 aliphatic carbocycles. The third-order valence-corrected chi connectivity index (χ3v) is 4.43. The van der Waals surface area contributed by atoms with Gasteiger partial charge in [0.05, 0.1) is 0 Å². The van der Waals surface area contributed by atoms with E-state index in [1.54, 1.807) is 0 Å². The standard InChI is InChI=1S/C20H19ClN2O/c1-14(18-8-4-5-9-19(18)21)22-13-20(24)23-17-11-10-15-6-2-3-7-16(15)12-17/h2-12,14,22H,13H2,1H3,(H,23,24)/p+1/t14-/m1/s1. The van der Waals surface area contributed by atoms with E-state index in [0.717, 1.165) is 27.0 Å². The second kappa shape index (κ2) is 7.47. The van der Waals surface area contributed by atoms with Crippen molar-refractivity contribution >= 4 is 34.0 Å². The molecule has 3 aromatic rings. The van der Waals surface area contributed by atoms with Gasteiger partial charge in [-0.15, -0.1) is 0 Å². The summed E-state index contributed by atoms with van der Waals surface area (Å²) in [5, 5.41) is 7.94. The van der Waals surface area contributed by atoms with E-state index in [-0.39, 0.29) is 11.9 Å². The van der Waals surface area contributed by atoms with Crippen molar-refractivity contribution in [3.63, 3.8) is 0 Å². The minimum absolute atomic E-state index is 0.0239. The molecule has 3 nitrogen and oxygen atoms in total. The fourth-order valence-electron chi connectivity index (χ4n) is 2.73. The third-order valence-electron chi connectivity index (χ3n) is 4.09. The Kier molecular flexibility index (Phi) is 5.14. The molecule has 0 aromatic heterocycles. The topological polar surface area (TPSA) is 45.7 Å². The van der Waals surface area contributed by atoms with Crippen LogP contribution in [-0.4, -0.2) is 12.5 Å². The van der Waals surface area contributed by atoms with Crippen molar-refractivity contribution < 1.29 is 10.1 Å². The van der Waals surface area contributed by atoms with Crippen molar-refractivity contribution in [3.05, 3.63) is 77.3 Å². The molecule has 0 heterocycles. The molecule has 0 unspecified atom stereocenters. The number of amides is 1. The van der Waals surface area contributed by atoms with E-state index in [0.29, 0.717) is 6.54 Å². The fourth-order valence-corrected chi connectivity index (χ4v) is 3.04. The largest absolute Gasteiger partial charge is 0.332 e. The highest BCUT2D eigenvalue weighted by molar-refractivity contribution is 6.31. The lowest BCUT2D eigenvalue weighted by molar-refractivity contribution is -0.682. The van der Waals surface area contributed by atoms with E-state index in [1.807, 2.05) is 72.9 Å². The summed E-state index contributed by atoms with van der Waals surface area (Å²) in [5.41, 5.74) is 1.86. The number of benzene rings is 3. The first-order valence-electron chi connectivity index (χ1n) is 8.00. The van der Waals surface area contributed by atoms with Crippen molar-refractivity contribution in [2.75, 3.05) is 11.9 Å². The van der Waals surface area contributed by atoms with Crippen molar-refractivity contribution in [2.45, 2.75) is 13.0 Å². The van der Waals surface area contributed by atoms with Gasteiger partial charge in [0.25, 0.3) is 5.91 Å². The molecule has 122 valence electrons. The van der Waals surface area contributed by atoms with Crippen LogP contribution in [0.15, 0.2) is 66.7 Å². The maximum atomic E-state index is 12.2. The Bertz CT molecular complexity index is 863. The first-order valence-corrected chi connectivity index (χ1v) is 8.37. The molecule has 1 amide bonds. The molecular weight excluding hydrogens is 320 g/mol. The molecule has 4 heteroatoms. The summed E-state index contributed by atoms with van der Waals surface area (Å²) in [7, 11) is 0. The van der Waals surface area contributed by atoms with Crippen LogP contribution in [0, 0.1) is 0 Å². The Balaban J connectivity index is 1.59.